The first-order valence-corrected chi connectivity index (χ1v) is 11.2. The van der Waals surface area contributed by atoms with Crippen molar-refractivity contribution in [2.24, 2.45) is 0 Å². The third-order valence-corrected chi connectivity index (χ3v) is 5.74. The molecule has 0 fully saturated rings. The van der Waals surface area contributed by atoms with E-state index in [4.69, 9.17) is 0 Å². The maximum absolute atomic E-state index is 12.8. The van der Waals surface area contributed by atoms with Crippen LogP contribution in [0.2, 0.25) is 0 Å². The zero-order valence-corrected chi connectivity index (χ0v) is 17.3. The molecule has 0 unspecified atom stereocenters. The fraction of sp³-hybridized carbons (Fsp3) is 0.174. The number of benzene rings is 3. The minimum absolute atomic E-state index is 0.293. The van der Waals surface area contributed by atoms with E-state index in [1.54, 1.807) is 12.1 Å². The summed E-state index contributed by atoms with van der Waals surface area (Å²) in [6, 6.07) is 24.4. The Kier molecular flexibility index (Phi) is 6.34. The molecule has 0 radical (unpaired) electrons. The molecule has 1 amide bonds. The maximum Gasteiger partial charge on any atom is 0.245 e. The van der Waals surface area contributed by atoms with E-state index in [1.807, 2.05) is 73.7 Å². The van der Waals surface area contributed by atoms with E-state index in [9.17, 15) is 13.2 Å². The molecule has 0 aromatic heterocycles. The van der Waals surface area contributed by atoms with Crippen LogP contribution in [-0.2, 0) is 21.2 Å². The second kappa shape index (κ2) is 8.92. The number of para-hydroxylation sites is 2. The number of nitrogens with zero attached hydrogens (tertiary/aromatic N) is 1. The second-order valence-corrected chi connectivity index (χ2v) is 8.62. The van der Waals surface area contributed by atoms with Crippen molar-refractivity contribution in [3.05, 3.63) is 84.4 Å². The van der Waals surface area contributed by atoms with Gasteiger partial charge < -0.3 is 5.32 Å². The molecule has 0 aliphatic rings. The molecule has 150 valence electrons. The number of rotatable bonds is 7. The Hall–Kier alpha value is -3.12. The van der Waals surface area contributed by atoms with E-state index < -0.39 is 15.9 Å². The largest absolute Gasteiger partial charge is 0.324 e. The Morgan fingerprint density at radius 2 is 1.52 bits per heavy atom. The van der Waals surface area contributed by atoms with Gasteiger partial charge in [-0.25, -0.2) is 8.42 Å². The van der Waals surface area contributed by atoms with Crippen LogP contribution < -0.4 is 9.62 Å². The van der Waals surface area contributed by atoms with Crippen LogP contribution in [0, 0.1) is 0 Å². The lowest BCUT2D eigenvalue weighted by atomic mass is 10.0. The molecule has 0 heterocycles. The first kappa shape index (κ1) is 20.6. The molecule has 6 heteroatoms. The van der Waals surface area contributed by atoms with Crippen molar-refractivity contribution < 1.29 is 13.2 Å². The second-order valence-electron chi connectivity index (χ2n) is 6.71. The van der Waals surface area contributed by atoms with Gasteiger partial charge in [-0.3, -0.25) is 9.10 Å². The van der Waals surface area contributed by atoms with Crippen LogP contribution in [0.25, 0.3) is 11.1 Å². The normalized spacial score (nSPS) is 11.1. The zero-order chi connectivity index (χ0) is 20.9. The lowest BCUT2D eigenvalue weighted by Gasteiger charge is -2.24. The van der Waals surface area contributed by atoms with Crippen LogP contribution in [0.1, 0.15) is 12.5 Å². The van der Waals surface area contributed by atoms with Crippen LogP contribution in [0.15, 0.2) is 78.9 Å². The van der Waals surface area contributed by atoms with Crippen molar-refractivity contribution in [1.82, 2.24) is 0 Å². The summed E-state index contributed by atoms with van der Waals surface area (Å²) in [5, 5.41) is 2.87. The van der Waals surface area contributed by atoms with Gasteiger partial charge in [0.05, 0.1) is 11.9 Å². The van der Waals surface area contributed by atoms with E-state index in [0.29, 0.717) is 17.8 Å². The molecular formula is C23H24N2O3S. The van der Waals surface area contributed by atoms with E-state index >= 15 is 0 Å². The molecule has 29 heavy (non-hydrogen) atoms. The number of hydrogen-bond acceptors (Lipinski definition) is 3. The van der Waals surface area contributed by atoms with Crippen molar-refractivity contribution in [1.29, 1.82) is 0 Å². The summed E-state index contributed by atoms with van der Waals surface area (Å²) < 4.78 is 26.0. The monoisotopic (exact) mass is 408 g/mol. The highest BCUT2D eigenvalue weighted by Crippen LogP contribution is 2.28. The van der Waals surface area contributed by atoms with E-state index in [2.05, 4.69) is 5.32 Å². The van der Waals surface area contributed by atoms with Gasteiger partial charge in [0.25, 0.3) is 0 Å². The highest BCUT2D eigenvalue weighted by molar-refractivity contribution is 7.92. The fourth-order valence-corrected chi connectivity index (χ4v) is 4.10. The summed E-state index contributed by atoms with van der Waals surface area (Å²) in [6.45, 7) is 1.66. The first-order valence-electron chi connectivity index (χ1n) is 9.40. The first-order chi connectivity index (χ1) is 13.9. The molecule has 0 saturated carbocycles. The van der Waals surface area contributed by atoms with Gasteiger partial charge in [-0.05, 0) is 29.7 Å². The molecule has 3 aromatic carbocycles. The topological polar surface area (TPSA) is 66.5 Å². The molecule has 0 aliphatic carbocycles. The van der Waals surface area contributed by atoms with E-state index in [-0.39, 0.29) is 6.54 Å². The smallest absolute Gasteiger partial charge is 0.245 e. The summed E-state index contributed by atoms with van der Waals surface area (Å²) in [5.41, 5.74) is 3.89. The SMILES string of the molecule is CCc1ccccc1N(CC(=O)Nc1ccccc1-c1ccccc1)S(C)(=O)=O. The number of nitrogens with one attached hydrogen (secondary N) is 1. The van der Waals surface area contributed by atoms with Gasteiger partial charge in [-0.15, -0.1) is 0 Å². The van der Waals surface area contributed by atoms with Crippen molar-refractivity contribution in [2.75, 3.05) is 22.4 Å². The molecule has 3 rings (SSSR count). The van der Waals surface area contributed by atoms with Crippen molar-refractivity contribution in [3.63, 3.8) is 0 Å². The summed E-state index contributed by atoms with van der Waals surface area (Å²) in [4.78, 5) is 12.8. The minimum Gasteiger partial charge on any atom is -0.324 e. The molecule has 0 saturated heterocycles. The molecule has 5 nitrogen and oxygen atoms in total. The Bertz CT molecular complexity index is 1100. The van der Waals surface area contributed by atoms with Gasteiger partial charge in [0.2, 0.25) is 15.9 Å². The summed E-state index contributed by atoms with van der Waals surface area (Å²) in [6.07, 6.45) is 1.78. The Labute approximate surface area is 172 Å². The summed E-state index contributed by atoms with van der Waals surface area (Å²) in [5.74, 6) is -0.398. The lowest BCUT2D eigenvalue weighted by molar-refractivity contribution is -0.114. The van der Waals surface area contributed by atoms with E-state index in [1.165, 1.54) is 0 Å². The van der Waals surface area contributed by atoms with E-state index in [0.717, 1.165) is 27.3 Å². The highest BCUT2D eigenvalue weighted by Gasteiger charge is 2.23. The molecular weight excluding hydrogens is 384 g/mol. The van der Waals surface area contributed by atoms with Crippen LogP contribution in [0.5, 0.6) is 0 Å². The van der Waals surface area contributed by atoms with Gasteiger partial charge in [0.15, 0.2) is 0 Å². The van der Waals surface area contributed by atoms with Gasteiger partial charge in [0.1, 0.15) is 6.54 Å². The molecule has 3 aromatic rings. The van der Waals surface area contributed by atoms with Gasteiger partial charge in [-0.2, -0.15) is 0 Å². The van der Waals surface area contributed by atoms with Crippen LogP contribution in [0.4, 0.5) is 11.4 Å². The fourth-order valence-electron chi connectivity index (χ4n) is 3.22. The quantitative estimate of drug-likeness (QED) is 0.633. The summed E-state index contributed by atoms with van der Waals surface area (Å²) in [7, 11) is -3.63. The number of amides is 1. The maximum atomic E-state index is 12.8. The van der Waals surface area contributed by atoms with Crippen molar-refractivity contribution in [3.8, 4) is 11.1 Å². The number of hydrogen-bond donors (Lipinski definition) is 1. The van der Waals surface area contributed by atoms with Gasteiger partial charge >= 0.3 is 0 Å². The predicted molar refractivity (Wildman–Crippen MR) is 119 cm³/mol. The van der Waals surface area contributed by atoms with Crippen LogP contribution in [-0.4, -0.2) is 27.1 Å². The standard InChI is InChI=1S/C23H24N2O3S/c1-3-18-11-7-10-16-22(18)25(29(2,27)28)17-23(26)24-21-15-9-8-14-20(21)19-12-5-4-6-13-19/h4-16H,3,17H2,1-2H3,(H,24,26). The van der Waals surface area contributed by atoms with Gasteiger partial charge in [0, 0.05) is 11.3 Å². The highest BCUT2D eigenvalue weighted by atomic mass is 32.2. The van der Waals surface area contributed by atoms with Crippen molar-refractivity contribution >= 4 is 27.3 Å². The number of aryl methyl sites for hydroxylation is 1. The molecule has 0 atom stereocenters. The number of sulfonamides is 1. The van der Waals surface area contributed by atoms with Gasteiger partial charge in [-0.1, -0.05) is 73.7 Å². The molecule has 0 bridgehead atoms. The molecule has 0 aliphatic heterocycles. The Morgan fingerprint density at radius 1 is 0.897 bits per heavy atom. The number of carbonyl (C=O) groups is 1. The predicted octanol–water partition coefficient (Wildman–Crippen LogP) is 4.32. The minimum atomic E-state index is -3.63. The summed E-state index contributed by atoms with van der Waals surface area (Å²) >= 11 is 0. The zero-order valence-electron chi connectivity index (χ0n) is 16.5. The molecule has 0 spiro atoms. The average molecular weight is 409 g/mol. The number of carbonyl (C=O) groups excluding carboxylic acids is 1. The Morgan fingerprint density at radius 3 is 2.21 bits per heavy atom. The molecule has 1 N–H and O–H groups in total. The van der Waals surface area contributed by atoms with Crippen LogP contribution in [0.3, 0.4) is 0 Å². The van der Waals surface area contributed by atoms with Crippen molar-refractivity contribution in [2.45, 2.75) is 13.3 Å². The Balaban J connectivity index is 1.88. The number of anilines is 2. The van der Waals surface area contributed by atoms with Crippen LogP contribution >= 0.6 is 0 Å². The third kappa shape index (κ3) is 5.03. The lowest BCUT2D eigenvalue weighted by Crippen LogP contribution is -2.38. The average Bonchev–Trinajstić information content (AvgIpc) is 2.72. The third-order valence-electron chi connectivity index (χ3n) is 4.61.